The maximum absolute atomic E-state index is 5.63. The van der Waals surface area contributed by atoms with Gasteiger partial charge in [0.05, 0.1) is 18.8 Å². The standard InChI is InChI=1S/C10H18O3/c1-5-8(11-4)6-9-7-12-10(2,3)13-9/h5,8-9H,1,6-7H2,2-4H3/t8-,9-/m0/s1. The van der Waals surface area contributed by atoms with E-state index in [1.165, 1.54) is 0 Å². The van der Waals surface area contributed by atoms with E-state index in [0.717, 1.165) is 6.42 Å². The highest BCUT2D eigenvalue weighted by molar-refractivity contribution is 4.84. The molecule has 0 bridgehead atoms. The molecule has 3 nitrogen and oxygen atoms in total. The predicted octanol–water partition coefficient (Wildman–Crippen LogP) is 1.73. The molecule has 1 aliphatic rings. The van der Waals surface area contributed by atoms with Gasteiger partial charge in [0.25, 0.3) is 0 Å². The Morgan fingerprint density at radius 1 is 1.69 bits per heavy atom. The number of hydrogen-bond acceptors (Lipinski definition) is 3. The fourth-order valence-electron chi connectivity index (χ4n) is 1.43. The first-order valence-corrected chi connectivity index (χ1v) is 4.54. The highest BCUT2D eigenvalue weighted by Gasteiger charge is 2.33. The molecule has 0 amide bonds. The largest absolute Gasteiger partial charge is 0.377 e. The molecule has 0 aliphatic carbocycles. The smallest absolute Gasteiger partial charge is 0.163 e. The lowest BCUT2D eigenvalue weighted by Crippen LogP contribution is -2.24. The summed E-state index contributed by atoms with van der Waals surface area (Å²) in [5, 5.41) is 0. The molecule has 1 aliphatic heterocycles. The first-order valence-electron chi connectivity index (χ1n) is 4.54. The van der Waals surface area contributed by atoms with Crippen molar-refractivity contribution in [3.63, 3.8) is 0 Å². The van der Waals surface area contributed by atoms with Crippen molar-refractivity contribution in [2.75, 3.05) is 13.7 Å². The van der Waals surface area contributed by atoms with Crippen LogP contribution in [0.1, 0.15) is 20.3 Å². The molecule has 1 fully saturated rings. The summed E-state index contributed by atoms with van der Waals surface area (Å²) >= 11 is 0. The Hall–Kier alpha value is -0.380. The second-order valence-corrected chi connectivity index (χ2v) is 3.70. The maximum atomic E-state index is 5.63. The van der Waals surface area contributed by atoms with Crippen LogP contribution in [0, 0.1) is 0 Å². The lowest BCUT2D eigenvalue weighted by atomic mass is 10.1. The summed E-state index contributed by atoms with van der Waals surface area (Å²) < 4.78 is 16.2. The summed E-state index contributed by atoms with van der Waals surface area (Å²) in [6.45, 7) is 8.17. The second kappa shape index (κ2) is 4.22. The van der Waals surface area contributed by atoms with E-state index in [9.17, 15) is 0 Å². The quantitative estimate of drug-likeness (QED) is 0.626. The molecule has 13 heavy (non-hydrogen) atoms. The summed E-state index contributed by atoms with van der Waals surface area (Å²) in [6.07, 6.45) is 2.78. The van der Waals surface area contributed by atoms with Crippen LogP contribution < -0.4 is 0 Å². The van der Waals surface area contributed by atoms with Crippen molar-refractivity contribution >= 4 is 0 Å². The molecule has 0 unspecified atom stereocenters. The fraction of sp³-hybridized carbons (Fsp3) is 0.800. The van der Waals surface area contributed by atoms with Crippen LogP contribution in [0.5, 0.6) is 0 Å². The Balaban J connectivity index is 2.35. The molecule has 0 aromatic rings. The van der Waals surface area contributed by atoms with Gasteiger partial charge < -0.3 is 14.2 Å². The zero-order valence-corrected chi connectivity index (χ0v) is 8.58. The van der Waals surface area contributed by atoms with Gasteiger partial charge in [0.2, 0.25) is 0 Å². The molecule has 0 aromatic heterocycles. The monoisotopic (exact) mass is 186 g/mol. The minimum Gasteiger partial charge on any atom is -0.377 e. The van der Waals surface area contributed by atoms with Gasteiger partial charge in [-0.3, -0.25) is 0 Å². The zero-order valence-electron chi connectivity index (χ0n) is 8.58. The van der Waals surface area contributed by atoms with Crippen LogP contribution >= 0.6 is 0 Å². The van der Waals surface area contributed by atoms with Crippen molar-refractivity contribution in [3.8, 4) is 0 Å². The SMILES string of the molecule is C=C[C@@H](C[C@H]1COC(C)(C)O1)OC. The molecule has 1 saturated heterocycles. The summed E-state index contributed by atoms with van der Waals surface area (Å²) in [7, 11) is 1.67. The van der Waals surface area contributed by atoms with Crippen molar-refractivity contribution in [2.45, 2.75) is 38.3 Å². The number of hydrogen-bond donors (Lipinski definition) is 0. The van der Waals surface area contributed by atoms with E-state index in [1.54, 1.807) is 13.2 Å². The molecule has 2 atom stereocenters. The van der Waals surface area contributed by atoms with E-state index in [1.807, 2.05) is 13.8 Å². The van der Waals surface area contributed by atoms with E-state index in [4.69, 9.17) is 14.2 Å². The van der Waals surface area contributed by atoms with Crippen LogP contribution in [-0.4, -0.2) is 31.7 Å². The van der Waals surface area contributed by atoms with Gasteiger partial charge in [0.15, 0.2) is 5.79 Å². The molecule has 1 rings (SSSR count). The van der Waals surface area contributed by atoms with Crippen molar-refractivity contribution in [3.05, 3.63) is 12.7 Å². The normalized spacial score (nSPS) is 28.7. The van der Waals surface area contributed by atoms with Gasteiger partial charge in [0.1, 0.15) is 0 Å². The van der Waals surface area contributed by atoms with Crippen molar-refractivity contribution in [2.24, 2.45) is 0 Å². The second-order valence-electron chi connectivity index (χ2n) is 3.70. The molecule has 0 spiro atoms. The van der Waals surface area contributed by atoms with Crippen LogP contribution in [0.15, 0.2) is 12.7 Å². The van der Waals surface area contributed by atoms with Gasteiger partial charge >= 0.3 is 0 Å². The van der Waals surface area contributed by atoms with E-state index < -0.39 is 5.79 Å². The molecule has 0 aromatic carbocycles. The van der Waals surface area contributed by atoms with Gasteiger partial charge in [-0.2, -0.15) is 0 Å². The molecular formula is C10H18O3. The third-order valence-electron chi connectivity index (χ3n) is 2.13. The van der Waals surface area contributed by atoms with Crippen LogP contribution in [0.4, 0.5) is 0 Å². The van der Waals surface area contributed by atoms with Crippen molar-refractivity contribution in [1.29, 1.82) is 0 Å². The van der Waals surface area contributed by atoms with E-state index in [2.05, 4.69) is 6.58 Å². The Labute approximate surface area is 79.7 Å². The maximum Gasteiger partial charge on any atom is 0.163 e. The summed E-state index contributed by atoms with van der Waals surface area (Å²) in [4.78, 5) is 0. The van der Waals surface area contributed by atoms with Crippen LogP contribution in [0.2, 0.25) is 0 Å². The molecular weight excluding hydrogens is 168 g/mol. The van der Waals surface area contributed by atoms with Gasteiger partial charge in [-0.1, -0.05) is 6.08 Å². The summed E-state index contributed by atoms with van der Waals surface area (Å²) in [6, 6.07) is 0. The Kier molecular flexibility index (Phi) is 3.47. The van der Waals surface area contributed by atoms with Crippen LogP contribution in [0.25, 0.3) is 0 Å². The average molecular weight is 186 g/mol. The minimum atomic E-state index is -0.440. The third-order valence-corrected chi connectivity index (χ3v) is 2.13. The highest BCUT2D eigenvalue weighted by Crippen LogP contribution is 2.25. The third kappa shape index (κ3) is 3.10. The summed E-state index contributed by atoms with van der Waals surface area (Å²) in [5.74, 6) is -0.440. The van der Waals surface area contributed by atoms with Gasteiger partial charge in [-0.15, -0.1) is 6.58 Å². The highest BCUT2D eigenvalue weighted by atomic mass is 16.7. The van der Waals surface area contributed by atoms with Crippen molar-refractivity contribution in [1.82, 2.24) is 0 Å². The lowest BCUT2D eigenvalue weighted by molar-refractivity contribution is -0.141. The first-order chi connectivity index (χ1) is 6.07. The minimum absolute atomic E-state index is 0.0579. The van der Waals surface area contributed by atoms with Crippen LogP contribution in [-0.2, 0) is 14.2 Å². The number of rotatable bonds is 4. The van der Waals surface area contributed by atoms with Crippen LogP contribution in [0.3, 0.4) is 0 Å². The Morgan fingerprint density at radius 3 is 2.77 bits per heavy atom. The topological polar surface area (TPSA) is 27.7 Å². The number of ether oxygens (including phenoxy) is 3. The first kappa shape index (κ1) is 10.7. The lowest BCUT2D eigenvalue weighted by Gasteiger charge is -2.18. The van der Waals surface area contributed by atoms with E-state index >= 15 is 0 Å². The summed E-state index contributed by atoms with van der Waals surface area (Å²) in [5.41, 5.74) is 0. The van der Waals surface area contributed by atoms with Gasteiger partial charge in [-0.25, -0.2) is 0 Å². The average Bonchev–Trinajstić information content (AvgIpc) is 2.41. The Morgan fingerprint density at radius 2 is 2.38 bits per heavy atom. The van der Waals surface area contributed by atoms with E-state index in [0.29, 0.717) is 6.61 Å². The Bertz CT molecular complexity index is 177. The molecule has 76 valence electrons. The predicted molar refractivity (Wildman–Crippen MR) is 50.5 cm³/mol. The fourth-order valence-corrected chi connectivity index (χ4v) is 1.43. The number of methoxy groups -OCH3 is 1. The zero-order chi connectivity index (χ0) is 9.90. The van der Waals surface area contributed by atoms with E-state index in [-0.39, 0.29) is 12.2 Å². The molecule has 0 N–H and O–H groups in total. The molecule has 0 radical (unpaired) electrons. The van der Waals surface area contributed by atoms with Crippen molar-refractivity contribution < 1.29 is 14.2 Å². The molecule has 0 saturated carbocycles. The van der Waals surface area contributed by atoms with Gasteiger partial charge in [-0.05, 0) is 13.8 Å². The molecule has 1 heterocycles. The molecule has 3 heteroatoms. The van der Waals surface area contributed by atoms with Gasteiger partial charge in [0, 0.05) is 13.5 Å².